The van der Waals surface area contributed by atoms with Gasteiger partial charge in [-0.3, -0.25) is 19.2 Å². The number of aliphatic hydroxyl groups is 1. The molecule has 310 valence electrons. The van der Waals surface area contributed by atoms with Gasteiger partial charge < -0.3 is 33.5 Å². The van der Waals surface area contributed by atoms with E-state index < -0.39 is 54.6 Å². The molecule has 6 fully saturated rings. The molecular weight excluding hydrogens is 704 g/mol. The third-order valence-electron chi connectivity index (χ3n) is 16.7. The lowest BCUT2D eigenvalue weighted by molar-refractivity contribution is -0.317. The molecule has 6 aliphatic rings. The minimum atomic E-state index is -1.27. The lowest BCUT2D eigenvalue weighted by Gasteiger charge is -2.73. The molecule has 1 N–H and O–H groups in total. The summed E-state index contributed by atoms with van der Waals surface area (Å²) in [5.74, 6) is -0.359. The number of hydrogen-bond acceptors (Lipinski definition) is 11. The average molecular weight is 773 g/mol. The maximum atomic E-state index is 12.5. The van der Waals surface area contributed by atoms with Crippen LogP contribution in [0.5, 0.6) is 0 Å². The number of rotatable bonds is 9. The fourth-order valence-electron chi connectivity index (χ4n) is 14.1. The highest BCUT2D eigenvalue weighted by molar-refractivity contribution is 5.68. The van der Waals surface area contributed by atoms with Crippen LogP contribution in [-0.4, -0.2) is 79.0 Å². The predicted molar refractivity (Wildman–Crippen MR) is 203 cm³/mol. The van der Waals surface area contributed by atoms with E-state index in [-0.39, 0.29) is 39.8 Å². The van der Waals surface area contributed by atoms with Crippen LogP contribution in [0.1, 0.15) is 133 Å². The Bertz CT molecular complexity index is 1520. The van der Waals surface area contributed by atoms with Crippen LogP contribution in [0.15, 0.2) is 12.2 Å². The first-order chi connectivity index (χ1) is 25.6. The maximum Gasteiger partial charge on any atom is 0.303 e. The second-order valence-corrected chi connectivity index (χ2v) is 19.8. The third kappa shape index (κ3) is 7.08. The van der Waals surface area contributed by atoms with Gasteiger partial charge in [-0.2, -0.15) is 0 Å². The van der Waals surface area contributed by atoms with Crippen molar-refractivity contribution in [1.29, 1.82) is 0 Å². The molecule has 15 atom stereocenters. The number of carbonyl (C=O) groups excluding carboxylic acids is 4. The van der Waals surface area contributed by atoms with Gasteiger partial charge in [-0.25, -0.2) is 0 Å². The molecule has 1 unspecified atom stereocenters. The standard InChI is InChI=1S/C44H68O11/c1-24(2)29-14-19-44(23-51-39-38(54-28(6)48)37(53-27(5)47)36(52-26(4)46)31(55-39)22-50-25(3)45)21-20-42(10)30(35(29)44)12-13-33-41(9)17-16-34(49)40(7,8)32(41)15-18-43(33,42)11/h29-39,49H,1,12-23H2,2-11H3/t29-,30+,31+,32-,33?,34+,35+,36+,37-,38+,39+,41-,42+,43+,44+/m0/s1. The topological polar surface area (TPSA) is 144 Å². The highest BCUT2D eigenvalue weighted by atomic mass is 16.7. The molecule has 0 aromatic rings. The van der Waals surface area contributed by atoms with E-state index in [1.165, 1.54) is 46.1 Å². The first kappa shape index (κ1) is 42.1. The summed E-state index contributed by atoms with van der Waals surface area (Å²) in [5, 5.41) is 11.2. The predicted octanol–water partition coefficient (Wildman–Crippen LogP) is 7.10. The molecule has 11 nitrogen and oxygen atoms in total. The number of carbonyl (C=O) groups is 4. The van der Waals surface area contributed by atoms with E-state index in [0.29, 0.717) is 36.2 Å². The van der Waals surface area contributed by atoms with Gasteiger partial charge in [-0.05, 0) is 128 Å². The number of allylic oxidation sites excluding steroid dienone is 1. The van der Waals surface area contributed by atoms with Gasteiger partial charge in [0.25, 0.3) is 0 Å². The Hall–Kier alpha value is -2.50. The van der Waals surface area contributed by atoms with E-state index in [2.05, 4.69) is 48.1 Å². The molecule has 0 spiro atoms. The number of aliphatic hydroxyl groups excluding tert-OH is 1. The Morgan fingerprint density at radius 2 is 1.33 bits per heavy atom. The lowest BCUT2D eigenvalue weighted by atomic mass is 9.32. The summed E-state index contributed by atoms with van der Waals surface area (Å²) in [6, 6.07) is 0. The first-order valence-corrected chi connectivity index (χ1v) is 20.9. The summed E-state index contributed by atoms with van der Waals surface area (Å²) in [4.78, 5) is 49.2. The van der Waals surface area contributed by atoms with Crippen molar-refractivity contribution in [3.8, 4) is 0 Å². The van der Waals surface area contributed by atoms with Gasteiger partial charge in [0.05, 0.1) is 12.7 Å². The van der Waals surface area contributed by atoms with Crippen LogP contribution in [0.3, 0.4) is 0 Å². The molecule has 1 aliphatic heterocycles. The highest BCUT2D eigenvalue weighted by Crippen LogP contribution is 2.77. The molecule has 0 bridgehead atoms. The van der Waals surface area contributed by atoms with E-state index in [9.17, 15) is 24.3 Å². The minimum absolute atomic E-state index is 0.101. The van der Waals surface area contributed by atoms with E-state index in [0.717, 1.165) is 51.4 Å². The van der Waals surface area contributed by atoms with Gasteiger partial charge in [0.1, 0.15) is 12.7 Å². The Morgan fingerprint density at radius 1 is 0.691 bits per heavy atom. The largest absolute Gasteiger partial charge is 0.463 e. The quantitative estimate of drug-likeness (QED) is 0.146. The Morgan fingerprint density at radius 3 is 1.95 bits per heavy atom. The molecule has 5 saturated carbocycles. The van der Waals surface area contributed by atoms with Crippen molar-refractivity contribution in [1.82, 2.24) is 0 Å². The van der Waals surface area contributed by atoms with Gasteiger partial charge in [0, 0.05) is 27.7 Å². The molecule has 0 radical (unpaired) electrons. The van der Waals surface area contributed by atoms with Crippen LogP contribution in [-0.2, 0) is 47.6 Å². The second kappa shape index (κ2) is 15.0. The molecule has 0 amide bonds. The number of hydrogen-bond donors (Lipinski definition) is 1. The summed E-state index contributed by atoms with van der Waals surface area (Å²) >= 11 is 0. The molecule has 11 heteroatoms. The second-order valence-electron chi connectivity index (χ2n) is 19.8. The summed E-state index contributed by atoms with van der Waals surface area (Å²) in [7, 11) is 0. The fourth-order valence-corrected chi connectivity index (χ4v) is 14.1. The molecule has 0 aromatic heterocycles. The summed E-state index contributed by atoms with van der Waals surface area (Å²) < 4.78 is 35.6. The molecule has 0 aromatic carbocycles. The smallest absolute Gasteiger partial charge is 0.303 e. The maximum absolute atomic E-state index is 12.5. The van der Waals surface area contributed by atoms with Crippen LogP contribution in [0.4, 0.5) is 0 Å². The Kier molecular flexibility index (Phi) is 11.5. The molecule has 1 saturated heterocycles. The number of fused-ring (bicyclic) bond motifs is 7. The van der Waals surface area contributed by atoms with Crippen molar-refractivity contribution in [3.05, 3.63) is 12.2 Å². The number of esters is 4. The number of ether oxygens (including phenoxy) is 6. The lowest BCUT2D eigenvalue weighted by Crippen LogP contribution is -2.67. The van der Waals surface area contributed by atoms with Gasteiger partial charge in [-0.15, -0.1) is 0 Å². The molecule has 1 heterocycles. The zero-order chi connectivity index (χ0) is 40.5. The van der Waals surface area contributed by atoms with Crippen molar-refractivity contribution < 1.29 is 52.7 Å². The zero-order valence-electron chi connectivity index (χ0n) is 35.1. The van der Waals surface area contributed by atoms with Crippen molar-refractivity contribution in [3.63, 3.8) is 0 Å². The summed E-state index contributed by atoms with van der Waals surface area (Å²) in [6.07, 6.45) is 4.33. The third-order valence-corrected chi connectivity index (χ3v) is 16.7. The van der Waals surface area contributed by atoms with Crippen molar-refractivity contribution in [2.45, 2.75) is 170 Å². The molecular formula is C44H68O11. The van der Waals surface area contributed by atoms with E-state index in [1.807, 2.05) is 0 Å². The van der Waals surface area contributed by atoms with E-state index >= 15 is 0 Å². The van der Waals surface area contributed by atoms with Crippen LogP contribution < -0.4 is 0 Å². The first-order valence-electron chi connectivity index (χ1n) is 20.9. The minimum Gasteiger partial charge on any atom is -0.463 e. The monoisotopic (exact) mass is 772 g/mol. The normalized spacial score (nSPS) is 45.8. The van der Waals surface area contributed by atoms with Gasteiger partial charge in [0.2, 0.25) is 0 Å². The van der Waals surface area contributed by atoms with E-state index in [1.54, 1.807) is 0 Å². The van der Waals surface area contributed by atoms with Crippen LogP contribution in [0, 0.1) is 56.7 Å². The fraction of sp³-hybridized carbons (Fsp3) is 0.864. The highest BCUT2D eigenvalue weighted by Gasteiger charge is 2.71. The Labute approximate surface area is 328 Å². The van der Waals surface area contributed by atoms with Crippen molar-refractivity contribution in [2.24, 2.45) is 56.7 Å². The average Bonchev–Trinajstić information content (AvgIpc) is 3.47. The van der Waals surface area contributed by atoms with E-state index in [4.69, 9.17) is 28.4 Å². The van der Waals surface area contributed by atoms with Crippen molar-refractivity contribution in [2.75, 3.05) is 13.2 Å². The van der Waals surface area contributed by atoms with Crippen LogP contribution in [0.2, 0.25) is 0 Å². The van der Waals surface area contributed by atoms with Gasteiger partial charge >= 0.3 is 23.9 Å². The zero-order valence-corrected chi connectivity index (χ0v) is 35.1. The molecule has 5 aliphatic carbocycles. The van der Waals surface area contributed by atoms with Crippen LogP contribution >= 0.6 is 0 Å². The summed E-state index contributed by atoms with van der Waals surface area (Å²) in [5.41, 5.74) is 1.33. The van der Waals surface area contributed by atoms with Gasteiger partial charge in [0.15, 0.2) is 24.6 Å². The van der Waals surface area contributed by atoms with Crippen LogP contribution in [0.25, 0.3) is 0 Å². The molecule has 55 heavy (non-hydrogen) atoms. The summed E-state index contributed by atoms with van der Waals surface area (Å²) in [6.45, 7) is 24.0. The SMILES string of the molecule is C=C(C)[C@@H]1CC[C@]2(CO[C@@H]3O[C@H](COC(C)=O)[C@@H](OC(C)=O)[C@H](OC(C)=O)[C@H]3OC(C)=O)CC[C@]3(C)[C@H](CCC4[C@@]5(C)CC[C@@H](O)C(C)(C)[C@@H]5CC[C@]43C)[C@@H]12. The van der Waals surface area contributed by atoms with Gasteiger partial charge in [-0.1, -0.05) is 46.8 Å². The Balaban J connectivity index is 1.32. The molecule has 6 rings (SSSR count). The van der Waals surface area contributed by atoms with Crippen molar-refractivity contribution >= 4 is 23.9 Å².